The molecular weight excluding hydrogens is 247 g/mol. The number of hydrogen-bond donors (Lipinski definition) is 1. The molecule has 1 aliphatic rings. The van der Waals surface area contributed by atoms with Crippen molar-refractivity contribution in [2.24, 2.45) is 5.92 Å². The van der Waals surface area contributed by atoms with Crippen LogP contribution in [0.25, 0.3) is 0 Å². The Morgan fingerprint density at radius 1 is 1.56 bits per heavy atom. The lowest BCUT2D eigenvalue weighted by Crippen LogP contribution is -2.44. The zero-order valence-corrected chi connectivity index (χ0v) is 9.92. The largest absolute Gasteiger partial charge is 0.393 e. The highest BCUT2D eigenvalue weighted by Gasteiger charge is 2.42. The summed E-state index contributed by atoms with van der Waals surface area (Å²) >= 11 is 0. The topological polar surface area (TPSA) is 49.0 Å². The number of amides is 1. The lowest BCUT2D eigenvalue weighted by atomic mass is 9.97. The predicted molar refractivity (Wildman–Crippen MR) is 58.0 cm³/mol. The number of rotatable bonds is 1. The van der Waals surface area contributed by atoms with Gasteiger partial charge in [-0.05, 0) is 25.8 Å². The Bertz CT molecular complexity index is 441. The number of carbonyl (C=O) groups excluding carboxylic acids is 1. The molecule has 1 atom stereocenters. The van der Waals surface area contributed by atoms with Gasteiger partial charge in [0.05, 0.1) is 5.92 Å². The Labute approximate surface area is 102 Å². The quantitative estimate of drug-likeness (QED) is 0.842. The summed E-state index contributed by atoms with van der Waals surface area (Å²) in [6.07, 6.45) is -3.77. The summed E-state index contributed by atoms with van der Waals surface area (Å²) in [7, 11) is 0. The lowest BCUT2D eigenvalue weighted by Gasteiger charge is -2.33. The zero-order chi connectivity index (χ0) is 13.3. The van der Waals surface area contributed by atoms with Gasteiger partial charge < -0.3 is 4.90 Å². The van der Waals surface area contributed by atoms with Crippen LogP contribution in [0.1, 0.15) is 29.0 Å². The molecule has 1 unspecified atom stereocenters. The minimum Gasteiger partial charge on any atom is -0.337 e. The van der Waals surface area contributed by atoms with Crippen molar-refractivity contribution in [3.05, 3.63) is 17.5 Å². The number of likely N-dealkylation sites (tertiary alicyclic amines) is 1. The van der Waals surface area contributed by atoms with E-state index in [1.54, 1.807) is 13.0 Å². The van der Waals surface area contributed by atoms with Crippen molar-refractivity contribution in [2.45, 2.75) is 25.9 Å². The molecular formula is C11H14F3N3O. The Balaban J connectivity index is 2.07. The number of nitrogens with one attached hydrogen (secondary N) is 1. The molecule has 4 nitrogen and oxygen atoms in total. The molecule has 1 saturated heterocycles. The van der Waals surface area contributed by atoms with Crippen LogP contribution in [0.2, 0.25) is 0 Å². The Hall–Kier alpha value is -1.53. The highest BCUT2D eigenvalue weighted by Crippen LogP contribution is 2.33. The first-order valence-corrected chi connectivity index (χ1v) is 5.76. The molecule has 1 amide bonds. The van der Waals surface area contributed by atoms with Crippen LogP contribution in [-0.2, 0) is 0 Å². The summed E-state index contributed by atoms with van der Waals surface area (Å²) in [6, 6.07) is 1.54. The van der Waals surface area contributed by atoms with Gasteiger partial charge in [-0.2, -0.15) is 18.3 Å². The van der Waals surface area contributed by atoms with E-state index in [2.05, 4.69) is 10.2 Å². The molecule has 0 spiro atoms. The van der Waals surface area contributed by atoms with Crippen LogP contribution in [-0.4, -0.2) is 40.3 Å². The standard InChI is InChI=1S/C11H14F3N3O/c1-7-5-9(16-15-7)10(18)17-4-2-3-8(6-17)11(12,13)14/h5,8H,2-4,6H2,1H3,(H,15,16). The van der Waals surface area contributed by atoms with Crippen LogP contribution in [0.4, 0.5) is 13.2 Å². The lowest BCUT2D eigenvalue weighted by molar-refractivity contribution is -0.184. The van der Waals surface area contributed by atoms with Crippen LogP contribution >= 0.6 is 0 Å². The summed E-state index contributed by atoms with van der Waals surface area (Å²) in [4.78, 5) is 13.2. The first kappa shape index (κ1) is 12.9. The number of nitrogens with zero attached hydrogens (tertiary/aromatic N) is 2. The smallest absolute Gasteiger partial charge is 0.337 e. The molecule has 1 aliphatic heterocycles. The second kappa shape index (κ2) is 4.62. The van der Waals surface area contributed by atoms with E-state index in [9.17, 15) is 18.0 Å². The highest BCUT2D eigenvalue weighted by atomic mass is 19.4. The van der Waals surface area contributed by atoms with Crippen molar-refractivity contribution >= 4 is 5.91 Å². The van der Waals surface area contributed by atoms with Crippen molar-refractivity contribution in [1.29, 1.82) is 0 Å². The Morgan fingerprint density at radius 3 is 2.83 bits per heavy atom. The van der Waals surface area contributed by atoms with Gasteiger partial charge in [-0.25, -0.2) is 0 Å². The number of hydrogen-bond acceptors (Lipinski definition) is 2. The van der Waals surface area contributed by atoms with Crippen molar-refractivity contribution in [1.82, 2.24) is 15.1 Å². The normalized spacial score (nSPS) is 21.1. The van der Waals surface area contributed by atoms with E-state index in [4.69, 9.17) is 0 Å². The number of piperidine rings is 1. The second-order valence-electron chi connectivity index (χ2n) is 4.57. The minimum atomic E-state index is -4.24. The molecule has 2 heterocycles. The predicted octanol–water partition coefficient (Wildman–Crippen LogP) is 2.13. The van der Waals surface area contributed by atoms with Crippen molar-refractivity contribution < 1.29 is 18.0 Å². The van der Waals surface area contributed by atoms with Gasteiger partial charge in [-0.1, -0.05) is 0 Å². The summed E-state index contributed by atoms with van der Waals surface area (Å²) < 4.78 is 37.9. The maximum Gasteiger partial charge on any atom is 0.393 e. The number of aromatic amines is 1. The maximum absolute atomic E-state index is 12.6. The SMILES string of the molecule is Cc1cc(C(=O)N2CCCC(C(F)(F)F)C2)n[nH]1. The second-order valence-corrected chi connectivity index (χ2v) is 4.57. The molecule has 1 aromatic heterocycles. The molecule has 0 saturated carbocycles. The van der Waals surface area contributed by atoms with Crippen LogP contribution in [0.3, 0.4) is 0 Å². The number of aryl methyl sites for hydroxylation is 1. The average molecular weight is 261 g/mol. The van der Waals surface area contributed by atoms with Crippen LogP contribution in [0.5, 0.6) is 0 Å². The molecule has 0 aliphatic carbocycles. The van der Waals surface area contributed by atoms with E-state index in [0.717, 1.165) is 0 Å². The number of aromatic nitrogens is 2. The van der Waals surface area contributed by atoms with Gasteiger partial charge in [0.2, 0.25) is 0 Å². The monoisotopic (exact) mass is 261 g/mol. The van der Waals surface area contributed by atoms with Crippen LogP contribution in [0, 0.1) is 12.8 Å². The van der Waals surface area contributed by atoms with Gasteiger partial charge >= 0.3 is 6.18 Å². The molecule has 0 bridgehead atoms. The van der Waals surface area contributed by atoms with Crippen LogP contribution < -0.4 is 0 Å². The molecule has 2 rings (SSSR count). The zero-order valence-electron chi connectivity index (χ0n) is 9.92. The van der Waals surface area contributed by atoms with Crippen molar-refractivity contribution in [3.63, 3.8) is 0 Å². The van der Waals surface area contributed by atoms with E-state index in [0.29, 0.717) is 18.7 Å². The number of halogens is 3. The molecule has 1 N–H and O–H groups in total. The van der Waals surface area contributed by atoms with Gasteiger partial charge in [0.15, 0.2) is 0 Å². The molecule has 18 heavy (non-hydrogen) atoms. The Kier molecular flexibility index (Phi) is 3.32. The van der Waals surface area contributed by atoms with E-state index in [-0.39, 0.29) is 18.7 Å². The van der Waals surface area contributed by atoms with E-state index < -0.39 is 18.0 Å². The van der Waals surface area contributed by atoms with Crippen molar-refractivity contribution in [3.8, 4) is 0 Å². The fraction of sp³-hybridized carbons (Fsp3) is 0.636. The van der Waals surface area contributed by atoms with E-state index in [1.807, 2.05) is 0 Å². The summed E-state index contributed by atoms with van der Waals surface area (Å²) in [5, 5.41) is 6.39. The molecule has 1 fully saturated rings. The van der Waals surface area contributed by atoms with Gasteiger partial charge in [0.1, 0.15) is 5.69 Å². The third kappa shape index (κ3) is 2.65. The minimum absolute atomic E-state index is 0.0902. The van der Waals surface area contributed by atoms with E-state index in [1.165, 1.54) is 4.90 Å². The third-order valence-electron chi connectivity index (χ3n) is 3.10. The Morgan fingerprint density at radius 2 is 2.28 bits per heavy atom. The first-order valence-electron chi connectivity index (χ1n) is 5.76. The van der Waals surface area contributed by atoms with E-state index >= 15 is 0 Å². The number of alkyl halides is 3. The van der Waals surface area contributed by atoms with Gasteiger partial charge in [0.25, 0.3) is 5.91 Å². The number of H-pyrrole nitrogens is 1. The fourth-order valence-electron chi connectivity index (χ4n) is 2.12. The summed E-state index contributed by atoms with van der Waals surface area (Å²) in [6.45, 7) is 1.82. The fourth-order valence-corrected chi connectivity index (χ4v) is 2.12. The molecule has 0 radical (unpaired) electrons. The summed E-state index contributed by atoms with van der Waals surface area (Å²) in [5.74, 6) is -1.86. The van der Waals surface area contributed by atoms with Gasteiger partial charge in [0, 0.05) is 18.8 Å². The highest BCUT2D eigenvalue weighted by molar-refractivity contribution is 5.92. The third-order valence-corrected chi connectivity index (χ3v) is 3.10. The number of carbonyl (C=O) groups is 1. The molecule has 0 aromatic carbocycles. The first-order chi connectivity index (χ1) is 8.38. The maximum atomic E-state index is 12.6. The average Bonchev–Trinajstić information content (AvgIpc) is 2.74. The molecule has 100 valence electrons. The van der Waals surface area contributed by atoms with Crippen LogP contribution in [0.15, 0.2) is 6.07 Å². The molecule has 7 heteroatoms. The molecule has 1 aromatic rings. The van der Waals surface area contributed by atoms with Gasteiger partial charge in [-0.3, -0.25) is 9.89 Å². The van der Waals surface area contributed by atoms with Gasteiger partial charge in [-0.15, -0.1) is 0 Å². The summed E-state index contributed by atoms with van der Waals surface area (Å²) in [5.41, 5.74) is 0.887. The van der Waals surface area contributed by atoms with Crippen molar-refractivity contribution in [2.75, 3.05) is 13.1 Å².